The van der Waals surface area contributed by atoms with Crippen molar-refractivity contribution in [3.05, 3.63) is 16.4 Å². The van der Waals surface area contributed by atoms with E-state index >= 15 is 0 Å². The summed E-state index contributed by atoms with van der Waals surface area (Å²) < 4.78 is 1.72. The van der Waals surface area contributed by atoms with E-state index in [0.717, 1.165) is 35.4 Å². The molecule has 0 saturated heterocycles. The lowest BCUT2D eigenvalue weighted by Gasteiger charge is -2.39. The topological polar surface area (TPSA) is 38.0 Å². The first-order valence-electron chi connectivity index (χ1n) is 7.90. The van der Waals surface area contributed by atoms with E-state index in [1.807, 2.05) is 14.0 Å². The SMILES string of the molecule is Cc1nn(C)c(Cl)c1CC1(O)CC2CC1C1CCCC21. The van der Waals surface area contributed by atoms with Crippen molar-refractivity contribution in [1.29, 1.82) is 0 Å². The summed E-state index contributed by atoms with van der Waals surface area (Å²) in [4.78, 5) is 0. The summed E-state index contributed by atoms with van der Waals surface area (Å²) in [5.41, 5.74) is 1.49. The number of fused-ring (bicyclic) bond motifs is 5. The molecule has 0 radical (unpaired) electrons. The Bertz CT molecular complexity index is 555. The number of aliphatic hydroxyl groups is 1. The highest BCUT2D eigenvalue weighted by atomic mass is 35.5. The average Bonchev–Trinajstić information content (AvgIpc) is 3.08. The van der Waals surface area contributed by atoms with Gasteiger partial charge in [0.05, 0.1) is 11.3 Å². The van der Waals surface area contributed by atoms with Crippen LogP contribution in [0, 0.1) is 30.6 Å². The van der Waals surface area contributed by atoms with Crippen LogP contribution in [0.25, 0.3) is 0 Å². The van der Waals surface area contributed by atoms with Crippen LogP contribution < -0.4 is 0 Å². The van der Waals surface area contributed by atoms with E-state index < -0.39 is 5.60 Å². The summed E-state index contributed by atoms with van der Waals surface area (Å²) in [6, 6.07) is 0. The van der Waals surface area contributed by atoms with E-state index in [1.165, 1.54) is 25.7 Å². The predicted octanol–water partition coefficient (Wildman–Crippen LogP) is 3.11. The number of aryl methyl sites for hydroxylation is 2. The minimum atomic E-state index is -0.534. The number of nitrogens with zero attached hydrogens (tertiary/aromatic N) is 2. The molecule has 0 aromatic carbocycles. The molecule has 1 N–H and O–H groups in total. The van der Waals surface area contributed by atoms with Crippen LogP contribution in [0.3, 0.4) is 0 Å². The molecule has 3 saturated carbocycles. The fraction of sp³-hybridized carbons (Fsp3) is 0.812. The van der Waals surface area contributed by atoms with Gasteiger partial charge in [-0.2, -0.15) is 5.10 Å². The van der Waals surface area contributed by atoms with Gasteiger partial charge in [-0.15, -0.1) is 0 Å². The van der Waals surface area contributed by atoms with Gasteiger partial charge in [0.1, 0.15) is 5.15 Å². The van der Waals surface area contributed by atoms with E-state index in [1.54, 1.807) is 4.68 Å². The Morgan fingerprint density at radius 1 is 1.40 bits per heavy atom. The molecule has 20 heavy (non-hydrogen) atoms. The maximum absolute atomic E-state index is 11.2. The molecule has 2 bridgehead atoms. The first kappa shape index (κ1) is 13.1. The van der Waals surface area contributed by atoms with Crippen LogP contribution in [0.1, 0.15) is 43.4 Å². The number of rotatable bonds is 2. The average molecular weight is 295 g/mol. The first-order valence-corrected chi connectivity index (χ1v) is 8.28. The predicted molar refractivity (Wildman–Crippen MR) is 78.7 cm³/mol. The van der Waals surface area contributed by atoms with Crippen LogP contribution in [0.5, 0.6) is 0 Å². The van der Waals surface area contributed by atoms with E-state index in [-0.39, 0.29) is 0 Å². The zero-order chi connectivity index (χ0) is 14.1. The summed E-state index contributed by atoms with van der Waals surface area (Å²) in [6.07, 6.45) is 7.00. The lowest BCUT2D eigenvalue weighted by Crippen LogP contribution is -2.43. The van der Waals surface area contributed by atoms with Gasteiger partial charge in [-0.1, -0.05) is 18.0 Å². The fourth-order valence-corrected chi connectivity index (χ4v) is 5.86. The van der Waals surface area contributed by atoms with Gasteiger partial charge in [0.15, 0.2) is 0 Å². The molecule has 110 valence electrons. The molecule has 0 aliphatic heterocycles. The van der Waals surface area contributed by atoms with Gasteiger partial charge >= 0.3 is 0 Å². The Morgan fingerprint density at radius 3 is 2.85 bits per heavy atom. The highest BCUT2D eigenvalue weighted by molar-refractivity contribution is 6.30. The largest absolute Gasteiger partial charge is 0.389 e. The molecule has 4 rings (SSSR count). The summed E-state index contributed by atoms with van der Waals surface area (Å²) in [5.74, 6) is 2.93. The third kappa shape index (κ3) is 1.66. The van der Waals surface area contributed by atoms with Crippen molar-refractivity contribution in [2.24, 2.45) is 30.7 Å². The van der Waals surface area contributed by atoms with Crippen molar-refractivity contribution in [3.8, 4) is 0 Å². The zero-order valence-electron chi connectivity index (χ0n) is 12.3. The smallest absolute Gasteiger partial charge is 0.130 e. The fourth-order valence-electron chi connectivity index (χ4n) is 5.62. The Kier molecular flexibility index (Phi) is 2.78. The van der Waals surface area contributed by atoms with E-state index in [9.17, 15) is 5.11 Å². The molecule has 3 aliphatic carbocycles. The van der Waals surface area contributed by atoms with Gasteiger partial charge in [0.25, 0.3) is 0 Å². The molecule has 3 fully saturated rings. The van der Waals surface area contributed by atoms with Crippen molar-refractivity contribution in [2.75, 3.05) is 0 Å². The van der Waals surface area contributed by atoms with Crippen LogP contribution in [0.15, 0.2) is 0 Å². The van der Waals surface area contributed by atoms with Gasteiger partial charge in [0, 0.05) is 19.0 Å². The Morgan fingerprint density at radius 2 is 2.15 bits per heavy atom. The van der Waals surface area contributed by atoms with Crippen LogP contribution >= 0.6 is 11.6 Å². The quantitative estimate of drug-likeness (QED) is 0.910. The van der Waals surface area contributed by atoms with Crippen molar-refractivity contribution in [2.45, 2.75) is 51.0 Å². The van der Waals surface area contributed by atoms with E-state index in [4.69, 9.17) is 11.6 Å². The Labute approximate surface area is 125 Å². The number of hydrogen-bond acceptors (Lipinski definition) is 2. The van der Waals surface area contributed by atoms with Crippen LogP contribution in [0.2, 0.25) is 5.15 Å². The minimum absolute atomic E-state index is 0.496. The molecule has 0 spiro atoms. The van der Waals surface area contributed by atoms with Gasteiger partial charge in [0.2, 0.25) is 0 Å². The summed E-state index contributed by atoms with van der Waals surface area (Å²) in [6.45, 7) is 2.00. The lowest BCUT2D eigenvalue weighted by molar-refractivity contribution is -0.0451. The van der Waals surface area contributed by atoms with Crippen LogP contribution in [-0.2, 0) is 13.5 Å². The number of hydrogen-bond donors (Lipinski definition) is 1. The summed E-state index contributed by atoms with van der Waals surface area (Å²) in [5, 5.41) is 16.3. The molecule has 0 amide bonds. The molecule has 3 nitrogen and oxygen atoms in total. The first-order chi connectivity index (χ1) is 9.49. The van der Waals surface area contributed by atoms with Gasteiger partial charge in [-0.25, -0.2) is 0 Å². The van der Waals surface area contributed by atoms with Gasteiger partial charge in [-0.05, 0) is 56.3 Å². The highest BCUT2D eigenvalue weighted by Crippen LogP contribution is 2.63. The van der Waals surface area contributed by atoms with Gasteiger partial charge < -0.3 is 5.11 Å². The number of halogens is 1. The Hall–Kier alpha value is -0.540. The molecular weight excluding hydrogens is 272 g/mol. The second-order valence-electron chi connectivity index (χ2n) is 7.32. The molecule has 1 heterocycles. The third-order valence-corrected chi connectivity index (χ3v) is 6.84. The second-order valence-corrected chi connectivity index (χ2v) is 7.68. The van der Waals surface area contributed by atoms with Crippen molar-refractivity contribution in [1.82, 2.24) is 9.78 Å². The molecular formula is C16H23ClN2O. The third-order valence-electron chi connectivity index (χ3n) is 6.36. The molecule has 1 aromatic heterocycles. The molecule has 3 aliphatic rings. The normalized spacial score (nSPS) is 42.4. The summed E-state index contributed by atoms with van der Waals surface area (Å²) in [7, 11) is 1.87. The van der Waals surface area contributed by atoms with Gasteiger partial charge in [-0.3, -0.25) is 4.68 Å². The van der Waals surface area contributed by atoms with Crippen molar-refractivity contribution < 1.29 is 5.11 Å². The number of aromatic nitrogens is 2. The lowest BCUT2D eigenvalue weighted by atomic mass is 9.71. The van der Waals surface area contributed by atoms with Crippen LogP contribution in [-0.4, -0.2) is 20.5 Å². The van der Waals surface area contributed by atoms with E-state index in [2.05, 4.69) is 5.10 Å². The molecule has 5 unspecified atom stereocenters. The zero-order valence-corrected chi connectivity index (χ0v) is 13.0. The minimum Gasteiger partial charge on any atom is -0.389 e. The van der Waals surface area contributed by atoms with Crippen molar-refractivity contribution in [3.63, 3.8) is 0 Å². The second kappa shape index (κ2) is 4.23. The summed E-state index contributed by atoms with van der Waals surface area (Å²) >= 11 is 6.36. The van der Waals surface area contributed by atoms with E-state index in [0.29, 0.717) is 17.5 Å². The molecule has 4 heteroatoms. The van der Waals surface area contributed by atoms with Crippen LogP contribution in [0.4, 0.5) is 0 Å². The maximum atomic E-state index is 11.2. The molecule has 5 atom stereocenters. The monoisotopic (exact) mass is 294 g/mol. The molecule has 1 aromatic rings. The Balaban J connectivity index is 1.63. The maximum Gasteiger partial charge on any atom is 0.130 e. The standard InChI is InChI=1S/C16H23ClN2O/c1-9-13(15(17)19(2)18-9)8-16(20)7-10-6-14(16)12-5-3-4-11(10)12/h10-12,14,20H,3-8H2,1-2H3. The highest BCUT2D eigenvalue weighted by Gasteiger charge is 2.60. The van der Waals surface area contributed by atoms with Crippen molar-refractivity contribution >= 4 is 11.6 Å².